The molecule has 0 atom stereocenters. The van der Waals surface area contributed by atoms with E-state index >= 15 is 0 Å². The van der Waals surface area contributed by atoms with Crippen LogP contribution < -0.4 is 11.1 Å². The SMILES string of the molecule is Nc1cnc(NCC2CCSCC2)c(Br)c1. The van der Waals surface area contributed by atoms with E-state index in [2.05, 4.69) is 38.0 Å². The molecule has 1 aliphatic rings. The van der Waals surface area contributed by atoms with Crippen LogP contribution in [0.15, 0.2) is 16.7 Å². The summed E-state index contributed by atoms with van der Waals surface area (Å²) in [7, 11) is 0. The number of nitrogens with zero attached hydrogens (tertiary/aromatic N) is 1. The van der Waals surface area contributed by atoms with Crippen LogP contribution in [-0.4, -0.2) is 23.0 Å². The van der Waals surface area contributed by atoms with Crippen molar-refractivity contribution in [2.24, 2.45) is 5.92 Å². The zero-order valence-electron chi connectivity index (χ0n) is 9.08. The first-order valence-corrected chi connectivity index (χ1v) is 7.43. The molecule has 1 saturated heterocycles. The maximum absolute atomic E-state index is 5.64. The highest BCUT2D eigenvalue weighted by molar-refractivity contribution is 9.10. The van der Waals surface area contributed by atoms with Gasteiger partial charge in [0, 0.05) is 6.54 Å². The van der Waals surface area contributed by atoms with E-state index in [9.17, 15) is 0 Å². The van der Waals surface area contributed by atoms with Gasteiger partial charge in [-0.3, -0.25) is 0 Å². The maximum Gasteiger partial charge on any atom is 0.140 e. The number of thioether (sulfide) groups is 1. The average Bonchev–Trinajstić information content (AvgIpc) is 2.29. The summed E-state index contributed by atoms with van der Waals surface area (Å²) in [6.45, 7) is 1.01. The second-order valence-electron chi connectivity index (χ2n) is 4.04. The largest absolute Gasteiger partial charge is 0.397 e. The van der Waals surface area contributed by atoms with Crippen molar-refractivity contribution in [2.45, 2.75) is 12.8 Å². The molecular weight excluding hydrogens is 286 g/mol. The number of hydrogen-bond acceptors (Lipinski definition) is 4. The molecule has 0 amide bonds. The van der Waals surface area contributed by atoms with Crippen molar-refractivity contribution in [2.75, 3.05) is 29.1 Å². The van der Waals surface area contributed by atoms with Gasteiger partial charge in [0.15, 0.2) is 0 Å². The molecule has 0 spiro atoms. The van der Waals surface area contributed by atoms with E-state index in [4.69, 9.17) is 5.73 Å². The third kappa shape index (κ3) is 3.28. The first-order chi connectivity index (χ1) is 7.75. The van der Waals surface area contributed by atoms with Crippen LogP contribution in [0.2, 0.25) is 0 Å². The van der Waals surface area contributed by atoms with Gasteiger partial charge in [-0.25, -0.2) is 4.98 Å². The maximum atomic E-state index is 5.64. The van der Waals surface area contributed by atoms with Crippen molar-refractivity contribution < 1.29 is 0 Å². The number of hydrogen-bond donors (Lipinski definition) is 2. The third-order valence-electron chi connectivity index (χ3n) is 2.76. The second kappa shape index (κ2) is 5.77. The summed E-state index contributed by atoms with van der Waals surface area (Å²) >= 11 is 5.52. The Labute approximate surface area is 109 Å². The minimum Gasteiger partial charge on any atom is -0.397 e. The zero-order chi connectivity index (χ0) is 11.4. The van der Waals surface area contributed by atoms with Crippen molar-refractivity contribution in [3.8, 4) is 0 Å². The lowest BCUT2D eigenvalue weighted by molar-refractivity contribution is 0.515. The number of rotatable bonds is 3. The lowest BCUT2D eigenvalue weighted by Gasteiger charge is -2.22. The van der Waals surface area contributed by atoms with E-state index in [1.165, 1.54) is 24.3 Å². The van der Waals surface area contributed by atoms with Gasteiger partial charge in [-0.2, -0.15) is 11.8 Å². The lowest BCUT2D eigenvalue weighted by Crippen LogP contribution is -2.19. The van der Waals surface area contributed by atoms with Gasteiger partial charge in [0.2, 0.25) is 0 Å². The van der Waals surface area contributed by atoms with Crippen LogP contribution in [0.25, 0.3) is 0 Å². The van der Waals surface area contributed by atoms with Gasteiger partial charge >= 0.3 is 0 Å². The average molecular weight is 302 g/mol. The Morgan fingerprint density at radius 3 is 2.94 bits per heavy atom. The molecule has 2 heterocycles. The first-order valence-electron chi connectivity index (χ1n) is 5.48. The van der Waals surface area contributed by atoms with Crippen molar-refractivity contribution >= 4 is 39.2 Å². The summed E-state index contributed by atoms with van der Waals surface area (Å²) in [6.07, 6.45) is 4.30. The summed E-state index contributed by atoms with van der Waals surface area (Å²) in [6, 6.07) is 1.88. The van der Waals surface area contributed by atoms with Crippen molar-refractivity contribution in [3.05, 3.63) is 16.7 Å². The predicted octanol–water partition coefficient (Wildman–Crippen LogP) is 2.98. The molecule has 1 aromatic heterocycles. The van der Waals surface area contributed by atoms with Crippen LogP contribution in [-0.2, 0) is 0 Å². The van der Waals surface area contributed by atoms with Gasteiger partial charge in [-0.05, 0) is 52.3 Å². The van der Waals surface area contributed by atoms with Crippen LogP contribution in [0.1, 0.15) is 12.8 Å². The van der Waals surface area contributed by atoms with Crippen LogP contribution in [0.5, 0.6) is 0 Å². The molecule has 3 nitrogen and oxygen atoms in total. The highest BCUT2D eigenvalue weighted by atomic mass is 79.9. The predicted molar refractivity (Wildman–Crippen MR) is 74.9 cm³/mol. The molecule has 5 heteroatoms. The molecule has 88 valence electrons. The molecule has 0 unspecified atom stereocenters. The van der Waals surface area contributed by atoms with E-state index in [1.807, 2.05) is 6.07 Å². The third-order valence-corrected chi connectivity index (χ3v) is 4.41. The van der Waals surface area contributed by atoms with Gasteiger partial charge in [-0.1, -0.05) is 0 Å². The lowest BCUT2D eigenvalue weighted by atomic mass is 10.0. The van der Waals surface area contributed by atoms with E-state index in [1.54, 1.807) is 6.20 Å². The molecule has 1 aromatic rings. The van der Waals surface area contributed by atoms with Crippen molar-refractivity contribution in [3.63, 3.8) is 0 Å². The number of anilines is 2. The standard InChI is InChI=1S/C11H16BrN3S/c12-10-5-9(13)7-15-11(10)14-6-8-1-3-16-4-2-8/h5,7-8H,1-4,6,13H2,(H,14,15). The van der Waals surface area contributed by atoms with Crippen LogP contribution in [0.3, 0.4) is 0 Å². The van der Waals surface area contributed by atoms with E-state index < -0.39 is 0 Å². The smallest absolute Gasteiger partial charge is 0.140 e. The Bertz CT molecular complexity index is 353. The van der Waals surface area contributed by atoms with E-state index in [0.29, 0.717) is 5.69 Å². The van der Waals surface area contributed by atoms with Crippen LogP contribution in [0, 0.1) is 5.92 Å². The summed E-state index contributed by atoms with van der Waals surface area (Å²) in [5.41, 5.74) is 6.33. The van der Waals surface area contributed by atoms with E-state index in [-0.39, 0.29) is 0 Å². The zero-order valence-corrected chi connectivity index (χ0v) is 11.5. The fourth-order valence-corrected chi connectivity index (χ4v) is 3.49. The Balaban J connectivity index is 1.88. The monoisotopic (exact) mass is 301 g/mol. The number of aromatic nitrogens is 1. The fourth-order valence-electron chi connectivity index (χ4n) is 1.77. The Morgan fingerprint density at radius 1 is 1.50 bits per heavy atom. The van der Waals surface area contributed by atoms with Gasteiger partial charge in [0.25, 0.3) is 0 Å². The second-order valence-corrected chi connectivity index (χ2v) is 6.11. The molecule has 2 rings (SSSR count). The molecule has 0 radical (unpaired) electrons. The summed E-state index contributed by atoms with van der Waals surface area (Å²) < 4.78 is 0.942. The number of nitrogens with one attached hydrogen (secondary N) is 1. The topological polar surface area (TPSA) is 50.9 Å². The molecule has 1 aliphatic heterocycles. The fraction of sp³-hybridized carbons (Fsp3) is 0.545. The van der Waals surface area contributed by atoms with Crippen molar-refractivity contribution in [1.29, 1.82) is 0 Å². The molecular formula is C11H16BrN3S. The number of pyridine rings is 1. The molecule has 16 heavy (non-hydrogen) atoms. The minimum absolute atomic E-state index is 0.687. The van der Waals surface area contributed by atoms with Crippen LogP contribution in [0.4, 0.5) is 11.5 Å². The molecule has 0 aromatic carbocycles. The van der Waals surface area contributed by atoms with E-state index in [0.717, 1.165) is 22.8 Å². The Morgan fingerprint density at radius 2 is 2.25 bits per heavy atom. The summed E-state index contributed by atoms with van der Waals surface area (Å²) in [5.74, 6) is 4.27. The molecule has 1 fully saturated rings. The highest BCUT2D eigenvalue weighted by Gasteiger charge is 2.13. The molecule has 0 aliphatic carbocycles. The molecule has 0 saturated carbocycles. The van der Waals surface area contributed by atoms with Gasteiger partial charge < -0.3 is 11.1 Å². The number of nitrogens with two attached hydrogens (primary N) is 1. The first kappa shape index (κ1) is 12.0. The Kier molecular flexibility index (Phi) is 4.35. The quantitative estimate of drug-likeness (QED) is 0.901. The van der Waals surface area contributed by atoms with Crippen molar-refractivity contribution in [1.82, 2.24) is 4.98 Å². The van der Waals surface area contributed by atoms with Gasteiger partial charge in [-0.15, -0.1) is 0 Å². The summed E-state index contributed by atoms with van der Waals surface area (Å²) in [5, 5.41) is 3.39. The Hall–Kier alpha value is -0.420. The normalized spacial score (nSPS) is 17.3. The van der Waals surface area contributed by atoms with Crippen LogP contribution >= 0.6 is 27.7 Å². The number of halogens is 1. The minimum atomic E-state index is 0.687. The van der Waals surface area contributed by atoms with Gasteiger partial charge in [0.05, 0.1) is 16.4 Å². The van der Waals surface area contributed by atoms with Gasteiger partial charge in [0.1, 0.15) is 5.82 Å². The molecule has 3 N–H and O–H groups in total. The number of nitrogen functional groups attached to an aromatic ring is 1. The highest BCUT2D eigenvalue weighted by Crippen LogP contribution is 2.25. The molecule has 0 bridgehead atoms. The summed E-state index contributed by atoms with van der Waals surface area (Å²) in [4.78, 5) is 4.27.